The van der Waals surface area contributed by atoms with Crippen LogP contribution in [-0.4, -0.2) is 59.4 Å². The van der Waals surface area contributed by atoms with Gasteiger partial charge in [-0.3, -0.25) is 38.6 Å². The van der Waals surface area contributed by atoms with Crippen molar-refractivity contribution in [3.63, 3.8) is 0 Å². The Bertz CT molecular complexity index is 4250. The zero-order valence-corrected chi connectivity index (χ0v) is 54.5. The minimum absolute atomic E-state index is 0. The fraction of sp³-hybridized carbons (Fsp3) is 0.279. The molecule has 2 fully saturated rings. The maximum atomic E-state index is 15.7. The molecule has 8 aromatic rings. The van der Waals surface area contributed by atoms with Gasteiger partial charge in [0.1, 0.15) is 34.5 Å². The first-order chi connectivity index (χ1) is 47.4. The van der Waals surface area contributed by atoms with Crippen LogP contribution >= 0.6 is 0 Å². The van der Waals surface area contributed by atoms with E-state index in [0.717, 1.165) is 39.3 Å². The molecule has 2 saturated heterocycles. The van der Waals surface area contributed by atoms with Crippen LogP contribution in [0.1, 0.15) is 178 Å². The van der Waals surface area contributed by atoms with Gasteiger partial charge in [0, 0.05) is 30.9 Å². The lowest BCUT2D eigenvalue weighted by atomic mass is 9.71. The Hall–Kier alpha value is -11.7. The van der Waals surface area contributed by atoms with Crippen molar-refractivity contribution >= 4 is 83.0 Å². The highest BCUT2D eigenvalue weighted by Crippen LogP contribution is 2.49. The normalized spacial score (nSPS) is 15.7. The third kappa shape index (κ3) is 21.7. The van der Waals surface area contributed by atoms with Crippen LogP contribution in [0.5, 0.6) is 34.5 Å². The Kier molecular flexibility index (Phi) is 32.7. The summed E-state index contributed by atoms with van der Waals surface area (Å²) in [5, 5.41) is 0. The number of amides is 4. The van der Waals surface area contributed by atoms with Gasteiger partial charge in [-0.2, -0.15) is 0 Å². The predicted octanol–water partition coefficient (Wildman–Crippen LogP) is 18.7. The largest absolute Gasteiger partial charge is 0.427 e. The van der Waals surface area contributed by atoms with Gasteiger partial charge >= 0.3 is 35.8 Å². The van der Waals surface area contributed by atoms with Crippen molar-refractivity contribution in [1.82, 2.24) is 0 Å². The van der Waals surface area contributed by atoms with Gasteiger partial charge in [0.05, 0.1) is 40.3 Å². The number of nitrogens with zero attached hydrogens (tertiary/aromatic N) is 2. The molecule has 2 heterocycles. The number of benzene rings is 8. The van der Waals surface area contributed by atoms with Crippen LogP contribution in [-0.2, 0) is 38.4 Å². The fourth-order valence-electron chi connectivity index (χ4n) is 11.8. The van der Waals surface area contributed by atoms with Gasteiger partial charge in [0.25, 0.3) is 0 Å². The van der Waals surface area contributed by atoms with Crippen LogP contribution in [0.25, 0.3) is 12.2 Å². The Labute approximate surface area is 611 Å². The molecule has 104 heavy (non-hydrogen) atoms. The number of anilines is 2. The third-order valence-electron chi connectivity index (χ3n) is 17.1. The zero-order valence-electron chi connectivity index (χ0n) is 54.5. The summed E-state index contributed by atoms with van der Waals surface area (Å²) in [4.78, 5) is 140. The first kappa shape index (κ1) is 84.8. The molecule has 0 aliphatic carbocycles. The molecule has 10 rings (SSSR count). The molecule has 2 aliphatic rings. The first-order valence-electron chi connectivity index (χ1n) is 32.5. The van der Waals surface area contributed by atoms with Crippen LogP contribution in [0.15, 0.2) is 218 Å². The molecule has 2 aliphatic heterocycles. The Morgan fingerprint density at radius 2 is 0.740 bits per heavy atom. The highest BCUT2D eigenvalue weighted by atomic mass is 16.6. The van der Waals surface area contributed by atoms with E-state index in [1.807, 2.05) is 81.4 Å². The van der Waals surface area contributed by atoms with Crippen molar-refractivity contribution in [2.75, 3.05) is 9.80 Å². The van der Waals surface area contributed by atoms with Gasteiger partial charge in [-0.25, -0.2) is 19.2 Å². The molecule has 0 radical (unpaired) electrons. The SMILES string of the molecule is C.C.C.C.C.C.CCCCC(=O)Oc1ccc(C(C)CC2C(=O)N(c3ccc(OC(=O)CCCC)cc3)C(=O)C2C(CC2C(=O)N(c3ccc(OC(=O)c4ccc(OC(=O)/C=C/c5ccccc5)cc4)cc3)C(=O)C2C)c2ccc(OC(=O)c3ccc(OC(=O)/C=C/c4ccccc4)cc3)cc2)cc1. The van der Waals surface area contributed by atoms with Gasteiger partial charge in [-0.15, -0.1) is 0 Å². The number of hydrogen-bond donors (Lipinski definition) is 0. The standard InChI is InChI=1S/C80H72N2O16.6CH4/c1-5-7-19-70(83)93-61-35-23-55(24-36-61)51(3)49-69-74(78(90)82(77(69)89)60-31-43-64(44-32-60)94-71(84)20-8-6-2)68(56-25-37-65(38-26-56)97-79(91)57-27-39-62(40-28-57)95-72(85)47-21-53-15-11-9-12-16-53)50-67-52(4)75(87)81(76(67)88)59-33-45-66(46-34-59)98-80(92)58-29-41-63(42-30-58)96-73(86)48-22-54-17-13-10-14-18-54;;;;;;/h9-18,21-48,51-52,67-69,74H,5-8,19-20,49-50H2,1-4H3;6*1H4/b47-21+,48-22+;;;;;;. The van der Waals surface area contributed by atoms with Crippen molar-refractivity contribution in [3.8, 4) is 34.5 Å². The number of carbonyl (C=O) groups excluding carboxylic acids is 10. The van der Waals surface area contributed by atoms with E-state index in [2.05, 4.69) is 0 Å². The van der Waals surface area contributed by atoms with Gasteiger partial charge in [-0.05, 0) is 193 Å². The summed E-state index contributed by atoms with van der Waals surface area (Å²) in [6.45, 7) is 7.48. The highest BCUT2D eigenvalue weighted by molar-refractivity contribution is 6.23. The number of hydrogen-bond acceptors (Lipinski definition) is 16. The number of imide groups is 2. The Balaban J connectivity index is 0.00000382. The van der Waals surface area contributed by atoms with Crippen molar-refractivity contribution in [3.05, 3.63) is 252 Å². The molecule has 8 aromatic carbocycles. The molecule has 6 atom stereocenters. The van der Waals surface area contributed by atoms with Crippen molar-refractivity contribution in [2.24, 2.45) is 23.7 Å². The molecule has 4 amide bonds. The molecule has 0 aromatic heterocycles. The molecule has 0 N–H and O–H groups in total. The minimum atomic E-state index is -1.17. The van der Waals surface area contributed by atoms with E-state index in [1.165, 1.54) is 121 Å². The smallest absolute Gasteiger partial charge is 0.343 e. The van der Waals surface area contributed by atoms with Gasteiger partial charge in [0.15, 0.2) is 0 Å². The molecule has 6 unspecified atom stereocenters. The van der Waals surface area contributed by atoms with Crippen LogP contribution in [0.3, 0.4) is 0 Å². The van der Waals surface area contributed by atoms with Crippen LogP contribution in [0.2, 0.25) is 0 Å². The van der Waals surface area contributed by atoms with E-state index in [4.69, 9.17) is 28.4 Å². The first-order valence-corrected chi connectivity index (χ1v) is 32.5. The van der Waals surface area contributed by atoms with Gasteiger partial charge in [0.2, 0.25) is 23.6 Å². The number of ether oxygens (including phenoxy) is 6. The summed E-state index contributed by atoms with van der Waals surface area (Å²) in [6, 6.07) is 55.3. The molecular formula is C86H96N2O16. The molecule has 18 nitrogen and oxygen atoms in total. The number of unbranched alkanes of at least 4 members (excludes halogenated alkanes) is 2. The zero-order chi connectivity index (χ0) is 69.2. The van der Waals surface area contributed by atoms with Gasteiger partial charge < -0.3 is 28.4 Å². The van der Waals surface area contributed by atoms with Crippen molar-refractivity contribution in [1.29, 1.82) is 0 Å². The van der Waals surface area contributed by atoms with E-state index in [9.17, 15) is 33.6 Å². The molecule has 546 valence electrons. The van der Waals surface area contributed by atoms with Crippen LogP contribution < -0.4 is 38.2 Å². The lowest BCUT2D eigenvalue weighted by Crippen LogP contribution is -2.33. The predicted molar refractivity (Wildman–Crippen MR) is 407 cm³/mol. The Morgan fingerprint density at radius 3 is 1.14 bits per heavy atom. The second-order valence-electron chi connectivity index (χ2n) is 24.0. The topological polar surface area (TPSA) is 233 Å². The average Bonchev–Trinajstić information content (AvgIpc) is 1.59. The second-order valence-corrected chi connectivity index (χ2v) is 24.0. The minimum Gasteiger partial charge on any atom is -0.427 e. The maximum absolute atomic E-state index is 15.7. The van der Waals surface area contributed by atoms with E-state index in [1.54, 1.807) is 55.5 Å². The van der Waals surface area contributed by atoms with Crippen LogP contribution in [0.4, 0.5) is 11.4 Å². The Morgan fingerprint density at radius 1 is 0.394 bits per heavy atom. The highest BCUT2D eigenvalue weighted by Gasteiger charge is 2.55. The summed E-state index contributed by atoms with van der Waals surface area (Å²) in [5.74, 6) is -10.1. The van der Waals surface area contributed by atoms with E-state index in [0.29, 0.717) is 24.2 Å². The quantitative estimate of drug-likeness (QED) is 0.0201. The van der Waals surface area contributed by atoms with E-state index >= 15 is 14.4 Å². The lowest BCUT2D eigenvalue weighted by molar-refractivity contribution is -0.135. The molecule has 18 heteroatoms. The summed E-state index contributed by atoms with van der Waals surface area (Å²) < 4.78 is 33.5. The second kappa shape index (κ2) is 40.1. The number of carbonyl (C=O) groups is 10. The van der Waals surface area contributed by atoms with Crippen molar-refractivity contribution in [2.45, 2.75) is 135 Å². The van der Waals surface area contributed by atoms with Crippen LogP contribution in [0, 0.1) is 23.7 Å². The summed E-state index contributed by atoms with van der Waals surface area (Å²) in [7, 11) is 0. The van der Waals surface area contributed by atoms with Gasteiger partial charge in [-0.1, -0.05) is 170 Å². The fourth-order valence-corrected chi connectivity index (χ4v) is 11.8. The third-order valence-corrected chi connectivity index (χ3v) is 17.1. The summed E-state index contributed by atoms with van der Waals surface area (Å²) >= 11 is 0. The summed E-state index contributed by atoms with van der Waals surface area (Å²) in [6.07, 6.45) is 9.19. The van der Waals surface area contributed by atoms with Crippen molar-refractivity contribution < 1.29 is 76.4 Å². The molecule has 0 saturated carbocycles. The number of esters is 6. The molecular weight excluding hydrogens is 1320 g/mol. The van der Waals surface area contributed by atoms with E-state index in [-0.39, 0.29) is 133 Å². The maximum Gasteiger partial charge on any atom is 0.343 e. The molecule has 0 bridgehead atoms. The molecule has 0 spiro atoms. The average molecular weight is 1410 g/mol. The summed E-state index contributed by atoms with van der Waals surface area (Å²) in [5.41, 5.74) is 3.56. The monoisotopic (exact) mass is 1410 g/mol. The number of rotatable bonds is 27. The van der Waals surface area contributed by atoms with E-state index < -0.39 is 83.1 Å². The lowest BCUT2D eigenvalue weighted by Gasteiger charge is -2.30.